The highest BCUT2D eigenvalue weighted by atomic mass is 35.5. The van der Waals surface area contributed by atoms with Crippen LogP contribution in [0.1, 0.15) is 24.6 Å². The number of likely N-dealkylation sites (tertiary alicyclic amines) is 1. The van der Waals surface area contributed by atoms with Crippen molar-refractivity contribution < 1.29 is 0 Å². The monoisotopic (exact) mass is 258 g/mol. The van der Waals surface area contributed by atoms with Crippen molar-refractivity contribution >= 4 is 22.9 Å². The standard InChI is InChI=1S/C12H19ClN2S/c1-9-7-10(14-2)5-6-15(9)8-11-3-4-12(13)16-11/h3-4,9-10,14H,5-8H2,1-2H3. The Hall–Kier alpha value is -0.0900. The molecule has 0 amide bonds. The van der Waals surface area contributed by atoms with Gasteiger partial charge in [0.05, 0.1) is 4.34 Å². The Kier molecular flexibility index (Phi) is 4.25. The molecule has 1 saturated heterocycles. The maximum absolute atomic E-state index is 5.95. The minimum Gasteiger partial charge on any atom is -0.317 e. The quantitative estimate of drug-likeness (QED) is 0.897. The maximum atomic E-state index is 5.95. The first-order chi connectivity index (χ1) is 7.69. The molecule has 1 fully saturated rings. The normalized spacial score (nSPS) is 27.2. The average molecular weight is 259 g/mol. The van der Waals surface area contributed by atoms with Crippen molar-refractivity contribution in [2.24, 2.45) is 0 Å². The van der Waals surface area contributed by atoms with Gasteiger partial charge in [-0.1, -0.05) is 11.6 Å². The highest BCUT2D eigenvalue weighted by Gasteiger charge is 2.24. The molecule has 0 aromatic carbocycles. The summed E-state index contributed by atoms with van der Waals surface area (Å²) in [6.07, 6.45) is 2.50. The van der Waals surface area contributed by atoms with Gasteiger partial charge in [0.1, 0.15) is 0 Å². The Morgan fingerprint density at radius 1 is 1.56 bits per heavy atom. The minimum absolute atomic E-state index is 0.659. The van der Waals surface area contributed by atoms with Crippen LogP contribution in [0.15, 0.2) is 12.1 Å². The number of nitrogens with one attached hydrogen (secondary N) is 1. The lowest BCUT2D eigenvalue weighted by molar-refractivity contribution is 0.132. The van der Waals surface area contributed by atoms with E-state index in [0.717, 1.165) is 10.9 Å². The molecule has 16 heavy (non-hydrogen) atoms. The zero-order chi connectivity index (χ0) is 11.5. The summed E-state index contributed by atoms with van der Waals surface area (Å²) in [4.78, 5) is 3.93. The molecule has 1 aliphatic rings. The fourth-order valence-corrected chi connectivity index (χ4v) is 3.47. The number of hydrogen-bond acceptors (Lipinski definition) is 3. The third-order valence-corrected chi connectivity index (χ3v) is 4.63. The van der Waals surface area contributed by atoms with Gasteiger partial charge in [0.2, 0.25) is 0 Å². The molecule has 1 aliphatic heterocycles. The second-order valence-corrected chi connectivity index (χ2v) is 6.33. The van der Waals surface area contributed by atoms with E-state index in [4.69, 9.17) is 11.6 Å². The number of hydrogen-bond donors (Lipinski definition) is 1. The van der Waals surface area contributed by atoms with Crippen LogP contribution >= 0.6 is 22.9 Å². The van der Waals surface area contributed by atoms with Crippen LogP contribution in [0.4, 0.5) is 0 Å². The second-order valence-electron chi connectivity index (χ2n) is 4.54. The van der Waals surface area contributed by atoms with Gasteiger partial charge in [-0.05, 0) is 38.9 Å². The van der Waals surface area contributed by atoms with Crippen LogP contribution < -0.4 is 5.32 Å². The van der Waals surface area contributed by atoms with E-state index < -0.39 is 0 Å². The largest absolute Gasteiger partial charge is 0.317 e. The Labute approximate surface area is 107 Å². The highest BCUT2D eigenvalue weighted by Crippen LogP contribution is 2.25. The molecule has 2 atom stereocenters. The molecule has 0 radical (unpaired) electrons. The zero-order valence-electron chi connectivity index (χ0n) is 9.87. The molecule has 0 saturated carbocycles. The van der Waals surface area contributed by atoms with E-state index in [1.165, 1.54) is 24.3 Å². The van der Waals surface area contributed by atoms with E-state index in [1.54, 1.807) is 11.3 Å². The van der Waals surface area contributed by atoms with Gasteiger partial charge < -0.3 is 5.32 Å². The summed E-state index contributed by atoms with van der Waals surface area (Å²) in [7, 11) is 2.06. The van der Waals surface area contributed by atoms with Gasteiger partial charge in [-0.3, -0.25) is 4.90 Å². The van der Waals surface area contributed by atoms with Crippen LogP contribution in [-0.4, -0.2) is 30.6 Å². The van der Waals surface area contributed by atoms with E-state index in [-0.39, 0.29) is 0 Å². The topological polar surface area (TPSA) is 15.3 Å². The van der Waals surface area contributed by atoms with E-state index in [2.05, 4.69) is 30.3 Å². The van der Waals surface area contributed by atoms with E-state index >= 15 is 0 Å². The molecular weight excluding hydrogens is 240 g/mol. The van der Waals surface area contributed by atoms with Gasteiger partial charge in [-0.25, -0.2) is 0 Å². The van der Waals surface area contributed by atoms with Gasteiger partial charge >= 0.3 is 0 Å². The van der Waals surface area contributed by atoms with Crippen molar-refractivity contribution in [3.05, 3.63) is 21.3 Å². The summed E-state index contributed by atoms with van der Waals surface area (Å²) in [6, 6.07) is 5.49. The first-order valence-corrected chi connectivity index (χ1v) is 7.04. The van der Waals surface area contributed by atoms with Gasteiger partial charge in [-0.2, -0.15) is 0 Å². The summed E-state index contributed by atoms with van der Waals surface area (Å²) >= 11 is 7.65. The van der Waals surface area contributed by atoms with Crippen LogP contribution in [0.3, 0.4) is 0 Å². The molecule has 2 rings (SSSR count). The number of halogens is 1. The lowest BCUT2D eigenvalue weighted by Gasteiger charge is -2.37. The molecule has 4 heteroatoms. The molecule has 0 spiro atoms. The van der Waals surface area contributed by atoms with Crippen molar-refractivity contribution in [2.45, 2.75) is 38.4 Å². The van der Waals surface area contributed by atoms with Gasteiger partial charge in [-0.15, -0.1) is 11.3 Å². The van der Waals surface area contributed by atoms with Gasteiger partial charge in [0, 0.05) is 30.1 Å². The van der Waals surface area contributed by atoms with Crippen LogP contribution in [0.25, 0.3) is 0 Å². The van der Waals surface area contributed by atoms with Crippen molar-refractivity contribution in [1.82, 2.24) is 10.2 Å². The first kappa shape index (κ1) is 12.4. The molecule has 2 heterocycles. The van der Waals surface area contributed by atoms with Gasteiger partial charge in [0.15, 0.2) is 0 Å². The number of thiophene rings is 1. The van der Waals surface area contributed by atoms with E-state index in [1.807, 2.05) is 6.07 Å². The predicted molar refractivity (Wildman–Crippen MR) is 71.3 cm³/mol. The summed E-state index contributed by atoms with van der Waals surface area (Å²) in [5, 5.41) is 3.38. The molecular formula is C12H19ClN2S. The Morgan fingerprint density at radius 2 is 2.38 bits per heavy atom. The van der Waals surface area contributed by atoms with Crippen molar-refractivity contribution in [1.29, 1.82) is 0 Å². The van der Waals surface area contributed by atoms with Gasteiger partial charge in [0.25, 0.3) is 0 Å². The summed E-state index contributed by atoms with van der Waals surface area (Å²) < 4.78 is 0.896. The van der Waals surface area contributed by atoms with Crippen molar-refractivity contribution in [2.75, 3.05) is 13.6 Å². The summed E-state index contributed by atoms with van der Waals surface area (Å²) in [5.41, 5.74) is 0. The number of piperidine rings is 1. The van der Waals surface area contributed by atoms with Crippen LogP contribution in [-0.2, 0) is 6.54 Å². The minimum atomic E-state index is 0.659. The third kappa shape index (κ3) is 2.98. The lowest BCUT2D eigenvalue weighted by atomic mass is 9.98. The third-order valence-electron chi connectivity index (χ3n) is 3.41. The zero-order valence-corrected chi connectivity index (χ0v) is 11.4. The average Bonchev–Trinajstić information content (AvgIpc) is 2.67. The van der Waals surface area contributed by atoms with Crippen LogP contribution in [0.5, 0.6) is 0 Å². The molecule has 1 aromatic rings. The highest BCUT2D eigenvalue weighted by molar-refractivity contribution is 7.16. The molecule has 0 aliphatic carbocycles. The summed E-state index contributed by atoms with van der Waals surface area (Å²) in [5.74, 6) is 0. The lowest BCUT2D eigenvalue weighted by Crippen LogP contribution is -2.45. The summed E-state index contributed by atoms with van der Waals surface area (Å²) in [6.45, 7) is 4.55. The Balaban J connectivity index is 1.91. The molecule has 1 N–H and O–H groups in total. The van der Waals surface area contributed by atoms with Crippen molar-refractivity contribution in [3.63, 3.8) is 0 Å². The fraction of sp³-hybridized carbons (Fsp3) is 0.667. The Bertz CT molecular complexity index is 340. The molecule has 0 bridgehead atoms. The predicted octanol–water partition coefficient (Wildman–Crippen LogP) is 2.97. The smallest absolute Gasteiger partial charge is 0.0931 e. The number of rotatable bonds is 3. The molecule has 2 unspecified atom stereocenters. The Morgan fingerprint density at radius 3 is 2.94 bits per heavy atom. The molecule has 2 nitrogen and oxygen atoms in total. The van der Waals surface area contributed by atoms with Crippen LogP contribution in [0, 0.1) is 0 Å². The fourth-order valence-electron chi connectivity index (χ4n) is 2.35. The number of nitrogens with zero attached hydrogens (tertiary/aromatic N) is 1. The first-order valence-electron chi connectivity index (χ1n) is 5.84. The molecule has 90 valence electrons. The second kappa shape index (κ2) is 5.50. The van der Waals surface area contributed by atoms with Crippen LogP contribution in [0.2, 0.25) is 4.34 Å². The maximum Gasteiger partial charge on any atom is 0.0931 e. The van der Waals surface area contributed by atoms with Crippen molar-refractivity contribution in [3.8, 4) is 0 Å². The van der Waals surface area contributed by atoms with E-state index in [0.29, 0.717) is 12.1 Å². The SMILES string of the molecule is CNC1CCN(Cc2ccc(Cl)s2)C(C)C1. The molecule has 1 aromatic heterocycles. The van der Waals surface area contributed by atoms with E-state index in [9.17, 15) is 0 Å².